The molecule has 146 valence electrons. The van der Waals surface area contributed by atoms with Crippen molar-refractivity contribution in [3.05, 3.63) is 88.6 Å². The van der Waals surface area contributed by atoms with Crippen LogP contribution in [0.4, 0.5) is 0 Å². The summed E-state index contributed by atoms with van der Waals surface area (Å²) in [5.41, 5.74) is 1.32. The largest absolute Gasteiger partial charge is 0.499 e. The van der Waals surface area contributed by atoms with E-state index < -0.39 is 6.10 Å². The second-order valence-electron chi connectivity index (χ2n) is 5.33. The van der Waals surface area contributed by atoms with E-state index in [0.717, 1.165) is 0 Å². The smallest absolute Gasteiger partial charge is 0.114 e. The Balaban J connectivity index is 0.000000293. The van der Waals surface area contributed by atoms with Gasteiger partial charge in [0.05, 0.1) is 14.2 Å². The number of pyridine rings is 1. The Morgan fingerprint density at radius 3 is 2.22 bits per heavy atom. The van der Waals surface area contributed by atoms with E-state index in [-0.39, 0.29) is 0 Å². The van der Waals surface area contributed by atoms with Crippen LogP contribution in [0.25, 0.3) is 0 Å². The highest BCUT2D eigenvalue weighted by molar-refractivity contribution is 6.35. The quantitative estimate of drug-likeness (QED) is 0.632. The van der Waals surface area contributed by atoms with Crippen molar-refractivity contribution in [2.24, 2.45) is 0 Å². The number of methoxy groups -OCH3 is 2. The molecule has 0 aliphatic carbocycles. The van der Waals surface area contributed by atoms with Gasteiger partial charge in [-0.05, 0) is 18.2 Å². The van der Waals surface area contributed by atoms with Gasteiger partial charge in [-0.3, -0.25) is 4.98 Å². The number of hydrogen-bond donors (Lipinski definition) is 1. The Morgan fingerprint density at radius 2 is 1.74 bits per heavy atom. The van der Waals surface area contributed by atoms with Crippen LogP contribution in [-0.4, -0.2) is 37.5 Å². The van der Waals surface area contributed by atoms with Gasteiger partial charge in [0.25, 0.3) is 0 Å². The molecular formula is C20H23Cl2NO4. The van der Waals surface area contributed by atoms with Gasteiger partial charge in [-0.25, -0.2) is 0 Å². The summed E-state index contributed by atoms with van der Waals surface area (Å²) in [5, 5.41) is 11.1. The molecule has 1 N–H and O–H groups in total. The number of benzene rings is 1. The van der Waals surface area contributed by atoms with Crippen molar-refractivity contribution in [1.29, 1.82) is 0 Å². The lowest BCUT2D eigenvalue weighted by Crippen LogP contribution is -2.03. The first-order chi connectivity index (χ1) is 12.9. The number of aliphatic hydroxyl groups is 1. The second kappa shape index (κ2) is 12.4. The average molecular weight is 412 g/mol. The number of hydrogen-bond acceptors (Lipinski definition) is 5. The topological polar surface area (TPSA) is 60.8 Å². The average Bonchev–Trinajstić information content (AvgIpc) is 2.68. The zero-order chi connectivity index (χ0) is 20.2. The molecule has 0 spiro atoms. The minimum absolute atomic E-state index is 0.374. The molecule has 1 atom stereocenters. The monoisotopic (exact) mass is 411 g/mol. The summed E-state index contributed by atoms with van der Waals surface area (Å²) in [7, 11) is 3.10. The van der Waals surface area contributed by atoms with Crippen molar-refractivity contribution in [1.82, 2.24) is 4.98 Å². The Bertz CT molecular complexity index is 722. The van der Waals surface area contributed by atoms with E-state index in [9.17, 15) is 5.11 Å². The number of ether oxygens (including phenoxy) is 3. The van der Waals surface area contributed by atoms with E-state index in [1.807, 2.05) is 0 Å². The summed E-state index contributed by atoms with van der Waals surface area (Å²) >= 11 is 11.8. The van der Waals surface area contributed by atoms with Gasteiger partial charge in [0.2, 0.25) is 0 Å². The number of halogens is 2. The van der Waals surface area contributed by atoms with E-state index in [4.69, 9.17) is 37.4 Å². The molecule has 1 aromatic heterocycles. The number of aromatic nitrogens is 1. The van der Waals surface area contributed by atoms with Gasteiger partial charge in [0.15, 0.2) is 0 Å². The minimum Gasteiger partial charge on any atom is -0.499 e. The third-order valence-electron chi connectivity index (χ3n) is 3.36. The molecule has 0 bridgehead atoms. The Labute approximate surface area is 169 Å². The molecule has 2 aromatic rings. The Hall–Kier alpha value is -2.05. The van der Waals surface area contributed by atoms with Crippen LogP contribution in [0, 0.1) is 0 Å². The molecule has 5 nitrogen and oxygen atoms in total. The number of rotatable bonds is 8. The fraction of sp³-hybridized carbons (Fsp3) is 0.250. The minimum atomic E-state index is -0.779. The molecule has 0 aliphatic rings. The normalized spacial score (nSPS) is 11.0. The van der Waals surface area contributed by atoms with Crippen LogP contribution in [0.5, 0.6) is 0 Å². The predicted octanol–water partition coefficient (Wildman–Crippen LogP) is 4.79. The van der Waals surface area contributed by atoms with Crippen LogP contribution in [0.1, 0.15) is 17.2 Å². The standard InChI is InChI=1S/C12H9Cl2NO.C8H14O3/c13-9-3-4-10(11(14)6-9)12(16)8-2-1-5-15-7-8;1-7(9-3)5-11-6-8(2)10-4/h1-7,12,16H;1-2,5-6H2,3-4H3. The first kappa shape index (κ1) is 23.0. The van der Waals surface area contributed by atoms with Gasteiger partial charge >= 0.3 is 0 Å². The zero-order valence-electron chi connectivity index (χ0n) is 15.3. The predicted molar refractivity (Wildman–Crippen MR) is 108 cm³/mol. The summed E-state index contributed by atoms with van der Waals surface area (Å²) in [6.07, 6.45) is 2.48. The van der Waals surface area contributed by atoms with Crippen LogP contribution >= 0.6 is 23.2 Å². The lowest BCUT2D eigenvalue weighted by Gasteiger charge is -2.12. The van der Waals surface area contributed by atoms with Crippen molar-refractivity contribution < 1.29 is 19.3 Å². The van der Waals surface area contributed by atoms with Crippen LogP contribution in [0.3, 0.4) is 0 Å². The molecule has 1 aromatic carbocycles. The first-order valence-electron chi connectivity index (χ1n) is 7.93. The summed E-state index contributed by atoms with van der Waals surface area (Å²) < 4.78 is 14.6. The Morgan fingerprint density at radius 1 is 1.11 bits per heavy atom. The first-order valence-corrected chi connectivity index (χ1v) is 8.68. The van der Waals surface area contributed by atoms with E-state index in [0.29, 0.717) is 45.9 Å². The van der Waals surface area contributed by atoms with Crippen molar-refractivity contribution in [2.75, 3.05) is 27.4 Å². The van der Waals surface area contributed by atoms with Crippen LogP contribution < -0.4 is 0 Å². The molecule has 7 heteroatoms. The van der Waals surface area contributed by atoms with Crippen molar-refractivity contribution in [2.45, 2.75) is 6.10 Å². The Kier molecular flexibility index (Phi) is 10.5. The summed E-state index contributed by atoms with van der Waals surface area (Å²) in [6.45, 7) is 7.90. The van der Waals surface area contributed by atoms with Crippen molar-refractivity contribution in [3.8, 4) is 0 Å². The fourth-order valence-corrected chi connectivity index (χ4v) is 2.35. The molecule has 27 heavy (non-hydrogen) atoms. The van der Waals surface area contributed by atoms with Crippen molar-refractivity contribution >= 4 is 23.2 Å². The van der Waals surface area contributed by atoms with Crippen molar-refractivity contribution in [3.63, 3.8) is 0 Å². The summed E-state index contributed by atoms with van der Waals surface area (Å²) in [5.74, 6) is 1.18. The van der Waals surface area contributed by atoms with E-state index >= 15 is 0 Å². The van der Waals surface area contributed by atoms with E-state index in [2.05, 4.69) is 18.1 Å². The zero-order valence-corrected chi connectivity index (χ0v) is 16.8. The molecule has 0 saturated carbocycles. The van der Waals surface area contributed by atoms with Gasteiger partial charge in [-0.15, -0.1) is 0 Å². The van der Waals surface area contributed by atoms with Gasteiger partial charge in [-0.1, -0.05) is 48.5 Å². The molecule has 0 amide bonds. The fourth-order valence-electron chi connectivity index (χ4n) is 1.84. The summed E-state index contributed by atoms with van der Waals surface area (Å²) in [6, 6.07) is 8.58. The highest BCUT2D eigenvalue weighted by Crippen LogP contribution is 2.29. The molecule has 0 aliphatic heterocycles. The van der Waals surface area contributed by atoms with Gasteiger partial charge < -0.3 is 19.3 Å². The summed E-state index contributed by atoms with van der Waals surface area (Å²) in [4.78, 5) is 3.95. The number of aliphatic hydroxyl groups excluding tert-OH is 1. The third-order valence-corrected chi connectivity index (χ3v) is 3.92. The molecule has 0 fully saturated rings. The highest BCUT2D eigenvalue weighted by Gasteiger charge is 2.13. The molecule has 2 rings (SSSR count). The van der Waals surface area contributed by atoms with E-state index in [1.54, 1.807) is 56.9 Å². The maximum Gasteiger partial charge on any atom is 0.114 e. The molecule has 0 radical (unpaired) electrons. The van der Waals surface area contributed by atoms with E-state index in [1.165, 1.54) is 0 Å². The third kappa shape index (κ3) is 8.45. The number of nitrogens with zero attached hydrogens (tertiary/aromatic N) is 1. The molecule has 1 heterocycles. The van der Waals surface area contributed by atoms with Gasteiger partial charge in [0, 0.05) is 33.6 Å². The molecule has 1 unspecified atom stereocenters. The maximum atomic E-state index is 10.1. The van der Waals surface area contributed by atoms with Crippen LogP contribution in [-0.2, 0) is 14.2 Å². The van der Waals surface area contributed by atoms with Gasteiger partial charge in [-0.2, -0.15) is 0 Å². The van der Waals surface area contributed by atoms with Gasteiger partial charge in [0.1, 0.15) is 30.8 Å². The van der Waals surface area contributed by atoms with Crippen LogP contribution in [0.15, 0.2) is 67.4 Å². The highest BCUT2D eigenvalue weighted by atomic mass is 35.5. The van der Waals surface area contributed by atoms with Crippen LogP contribution in [0.2, 0.25) is 10.0 Å². The lowest BCUT2D eigenvalue weighted by atomic mass is 10.0. The second-order valence-corrected chi connectivity index (χ2v) is 6.18. The lowest BCUT2D eigenvalue weighted by molar-refractivity contribution is 0.102. The molecular weight excluding hydrogens is 389 g/mol. The SMILES string of the molecule is C=C(COCC(=C)OC)OC.OC(c1cccnc1)c1ccc(Cl)cc1Cl. The molecule has 0 saturated heterocycles. The maximum absolute atomic E-state index is 10.1.